The summed E-state index contributed by atoms with van der Waals surface area (Å²) >= 11 is 4.24. The average molecular weight is 244 g/mol. The summed E-state index contributed by atoms with van der Waals surface area (Å²) < 4.78 is 0. The lowest BCUT2D eigenvalue weighted by Crippen LogP contribution is -2.47. The molecule has 0 radical (unpaired) electrons. The fourth-order valence-electron chi connectivity index (χ4n) is 2.34. The monoisotopic (exact) mass is 244 g/mol. The molecule has 0 amide bonds. The van der Waals surface area contributed by atoms with E-state index < -0.39 is 0 Å². The van der Waals surface area contributed by atoms with Crippen LogP contribution in [0.3, 0.4) is 0 Å². The molecule has 0 atom stereocenters. The highest BCUT2D eigenvalue weighted by Gasteiger charge is 2.16. The van der Waals surface area contributed by atoms with E-state index in [4.69, 9.17) is 0 Å². The first-order chi connectivity index (χ1) is 7.72. The van der Waals surface area contributed by atoms with E-state index in [0.29, 0.717) is 0 Å². The van der Waals surface area contributed by atoms with E-state index in [9.17, 15) is 0 Å². The van der Waals surface area contributed by atoms with E-state index in [2.05, 4.69) is 36.3 Å². The first-order valence-corrected chi connectivity index (χ1v) is 7.41. The highest BCUT2D eigenvalue weighted by atomic mass is 32.1. The molecule has 0 unspecified atom stereocenters. The normalized spacial score (nSPS) is 19.5. The Morgan fingerprint density at radius 2 is 1.56 bits per heavy atom. The van der Waals surface area contributed by atoms with E-state index in [-0.39, 0.29) is 0 Å². The van der Waals surface area contributed by atoms with Gasteiger partial charge in [0.2, 0.25) is 0 Å². The highest BCUT2D eigenvalue weighted by Crippen LogP contribution is 2.07. The summed E-state index contributed by atoms with van der Waals surface area (Å²) in [5.74, 6) is 1.85. The molecule has 1 heterocycles. The molecule has 0 spiro atoms. The smallest absolute Gasteiger partial charge is 0.0110 e. The third kappa shape index (κ3) is 6.12. The third-order valence-corrected chi connectivity index (χ3v) is 3.54. The predicted octanol–water partition coefficient (Wildman–Crippen LogP) is 2.36. The van der Waals surface area contributed by atoms with Gasteiger partial charge in [0.05, 0.1) is 0 Å². The van der Waals surface area contributed by atoms with Gasteiger partial charge < -0.3 is 9.80 Å². The van der Waals surface area contributed by atoms with Gasteiger partial charge in [0.15, 0.2) is 0 Å². The Bertz CT molecular complexity index is 165. The zero-order chi connectivity index (χ0) is 11.8. The van der Waals surface area contributed by atoms with Gasteiger partial charge in [-0.25, -0.2) is 0 Å². The van der Waals surface area contributed by atoms with Crippen molar-refractivity contribution >= 4 is 12.6 Å². The van der Waals surface area contributed by atoms with Crippen molar-refractivity contribution in [1.29, 1.82) is 0 Å². The molecule has 0 aromatic rings. The Hall–Kier alpha value is 0.270. The maximum Gasteiger partial charge on any atom is 0.0110 e. The van der Waals surface area contributed by atoms with Crippen LogP contribution in [0.5, 0.6) is 0 Å². The van der Waals surface area contributed by atoms with Crippen LogP contribution in [-0.4, -0.2) is 54.8 Å². The lowest BCUT2D eigenvalue weighted by Gasteiger charge is -2.35. The Morgan fingerprint density at radius 1 is 0.938 bits per heavy atom. The quantitative estimate of drug-likeness (QED) is 0.542. The molecule has 1 saturated heterocycles. The van der Waals surface area contributed by atoms with Gasteiger partial charge >= 0.3 is 0 Å². The van der Waals surface area contributed by atoms with Gasteiger partial charge in [-0.3, -0.25) is 0 Å². The van der Waals surface area contributed by atoms with Crippen LogP contribution in [0.25, 0.3) is 0 Å². The number of thiol groups is 1. The minimum Gasteiger partial charge on any atom is -0.301 e. The number of hydrogen-bond acceptors (Lipinski definition) is 3. The Morgan fingerprint density at radius 3 is 2.12 bits per heavy atom. The summed E-state index contributed by atoms with van der Waals surface area (Å²) in [5, 5.41) is 0. The number of hydrogen-bond donors (Lipinski definition) is 1. The zero-order valence-electron chi connectivity index (χ0n) is 11.0. The van der Waals surface area contributed by atoms with Gasteiger partial charge in [-0.15, -0.1) is 0 Å². The van der Waals surface area contributed by atoms with Crippen molar-refractivity contribution in [3.8, 4) is 0 Å². The van der Waals surface area contributed by atoms with Crippen molar-refractivity contribution in [2.24, 2.45) is 5.92 Å². The highest BCUT2D eigenvalue weighted by molar-refractivity contribution is 7.80. The van der Waals surface area contributed by atoms with Crippen molar-refractivity contribution in [2.45, 2.75) is 33.1 Å². The summed E-state index contributed by atoms with van der Waals surface area (Å²) in [5.41, 5.74) is 0. The van der Waals surface area contributed by atoms with E-state index in [1.807, 2.05) is 0 Å². The van der Waals surface area contributed by atoms with Crippen LogP contribution in [0.15, 0.2) is 0 Å². The maximum absolute atomic E-state index is 4.24. The van der Waals surface area contributed by atoms with Crippen LogP contribution in [0, 0.1) is 5.92 Å². The summed E-state index contributed by atoms with van der Waals surface area (Å²) in [6, 6.07) is 0. The van der Waals surface area contributed by atoms with Gasteiger partial charge in [0, 0.05) is 32.7 Å². The molecule has 0 aromatic heterocycles. The molecule has 0 N–H and O–H groups in total. The number of nitrogens with zero attached hydrogens (tertiary/aromatic N) is 2. The molecule has 1 rings (SSSR count). The second kappa shape index (κ2) is 8.37. The van der Waals surface area contributed by atoms with Crippen molar-refractivity contribution in [1.82, 2.24) is 9.80 Å². The van der Waals surface area contributed by atoms with Gasteiger partial charge in [-0.05, 0) is 31.1 Å². The van der Waals surface area contributed by atoms with Crippen LogP contribution in [-0.2, 0) is 0 Å². The Labute approximate surface area is 107 Å². The molecule has 0 bridgehead atoms. The molecule has 1 aliphatic rings. The molecule has 3 heteroatoms. The van der Waals surface area contributed by atoms with E-state index >= 15 is 0 Å². The SMILES string of the molecule is CC(C)CN1CCN(CCCCCS)CC1. The van der Waals surface area contributed by atoms with Gasteiger partial charge in [0.25, 0.3) is 0 Å². The summed E-state index contributed by atoms with van der Waals surface area (Å²) in [6.07, 6.45) is 3.97. The summed E-state index contributed by atoms with van der Waals surface area (Å²) in [6.45, 7) is 12.3. The second-order valence-corrected chi connectivity index (χ2v) is 5.77. The fraction of sp³-hybridized carbons (Fsp3) is 1.00. The van der Waals surface area contributed by atoms with Crippen LogP contribution in [0.4, 0.5) is 0 Å². The van der Waals surface area contributed by atoms with Gasteiger partial charge in [-0.1, -0.05) is 20.3 Å². The van der Waals surface area contributed by atoms with Crippen LogP contribution in [0.1, 0.15) is 33.1 Å². The third-order valence-electron chi connectivity index (χ3n) is 3.22. The standard InChI is InChI=1S/C13H28N2S/c1-13(2)12-15-9-7-14(8-10-15)6-4-3-5-11-16/h13,16H,3-12H2,1-2H3. The molecule has 1 fully saturated rings. The zero-order valence-corrected chi connectivity index (χ0v) is 11.9. The first kappa shape index (κ1) is 14.3. The molecule has 16 heavy (non-hydrogen) atoms. The van der Waals surface area contributed by atoms with Crippen LogP contribution < -0.4 is 0 Å². The number of piperazine rings is 1. The fourth-order valence-corrected chi connectivity index (χ4v) is 2.56. The minimum absolute atomic E-state index is 0.807. The molecular weight excluding hydrogens is 216 g/mol. The van der Waals surface area contributed by atoms with Crippen LogP contribution >= 0.6 is 12.6 Å². The van der Waals surface area contributed by atoms with E-state index in [0.717, 1.165) is 11.7 Å². The topological polar surface area (TPSA) is 6.48 Å². The van der Waals surface area contributed by atoms with Gasteiger partial charge in [-0.2, -0.15) is 12.6 Å². The molecule has 0 aromatic carbocycles. The van der Waals surface area contributed by atoms with Gasteiger partial charge in [0.1, 0.15) is 0 Å². The second-order valence-electron chi connectivity index (χ2n) is 5.32. The van der Waals surface area contributed by atoms with Crippen molar-refractivity contribution < 1.29 is 0 Å². The maximum atomic E-state index is 4.24. The molecule has 1 aliphatic heterocycles. The predicted molar refractivity (Wildman–Crippen MR) is 75.4 cm³/mol. The summed E-state index contributed by atoms with van der Waals surface area (Å²) in [4.78, 5) is 5.23. The van der Waals surface area contributed by atoms with E-state index in [1.54, 1.807) is 0 Å². The van der Waals surface area contributed by atoms with Crippen molar-refractivity contribution in [2.75, 3.05) is 45.0 Å². The summed E-state index contributed by atoms with van der Waals surface area (Å²) in [7, 11) is 0. The largest absolute Gasteiger partial charge is 0.301 e. The first-order valence-electron chi connectivity index (χ1n) is 6.78. The van der Waals surface area contributed by atoms with E-state index in [1.165, 1.54) is 58.5 Å². The number of rotatable bonds is 7. The minimum atomic E-state index is 0.807. The lowest BCUT2D eigenvalue weighted by atomic mass is 10.2. The van der Waals surface area contributed by atoms with Crippen molar-refractivity contribution in [3.63, 3.8) is 0 Å². The average Bonchev–Trinajstić information content (AvgIpc) is 2.26. The Balaban J connectivity index is 2.03. The van der Waals surface area contributed by atoms with Crippen molar-refractivity contribution in [3.05, 3.63) is 0 Å². The molecule has 2 nitrogen and oxygen atoms in total. The molecule has 96 valence electrons. The Kier molecular flexibility index (Phi) is 7.50. The van der Waals surface area contributed by atoms with Crippen LogP contribution in [0.2, 0.25) is 0 Å². The lowest BCUT2D eigenvalue weighted by molar-refractivity contribution is 0.121. The molecule has 0 saturated carbocycles. The molecule has 0 aliphatic carbocycles. The molecular formula is C13H28N2S. The number of unbranched alkanes of at least 4 members (excludes halogenated alkanes) is 2.